The Morgan fingerprint density at radius 2 is 1.97 bits per heavy atom. The Balaban J connectivity index is 1.55. The van der Waals surface area contributed by atoms with Gasteiger partial charge in [0, 0.05) is 49.8 Å². The third-order valence-corrected chi connectivity index (χ3v) is 5.63. The van der Waals surface area contributed by atoms with Gasteiger partial charge in [-0.1, -0.05) is 18.2 Å². The van der Waals surface area contributed by atoms with Gasteiger partial charge in [-0.05, 0) is 37.1 Å². The van der Waals surface area contributed by atoms with E-state index in [4.69, 9.17) is 0 Å². The van der Waals surface area contributed by atoms with Gasteiger partial charge in [0.05, 0.1) is 10.8 Å². The zero-order valence-corrected chi connectivity index (χ0v) is 17.6. The molecule has 1 amide bonds. The Labute approximate surface area is 184 Å². The topological polar surface area (TPSA) is 110 Å². The molecule has 1 fully saturated rings. The lowest BCUT2D eigenvalue weighted by molar-refractivity contribution is -0.384. The summed E-state index contributed by atoms with van der Waals surface area (Å²) in [4.78, 5) is 42.7. The number of ketones is 1. The number of imidazole rings is 1. The van der Waals surface area contributed by atoms with Gasteiger partial charge in [-0.15, -0.1) is 0 Å². The number of amides is 1. The van der Waals surface area contributed by atoms with Crippen LogP contribution in [0.25, 0.3) is 0 Å². The molecular formula is C23H23N5O4. The molecule has 164 valence electrons. The number of rotatable bonds is 6. The van der Waals surface area contributed by atoms with Gasteiger partial charge < -0.3 is 14.8 Å². The molecule has 4 rings (SSSR count). The third-order valence-electron chi connectivity index (χ3n) is 5.63. The van der Waals surface area contributed by atoms with E-state index in [1.807, 2.05) is 35.2 Å². The molecule has 1 aromatic heterocycles. The number of carbonyl (C=O) groups excluding carboxylic acids is 2. The lowest BCUT2D eigenvalue weighted by Crippen LogP contribution is -2.41. The van der Waals surface area contributed by atoms with E-state index in [1.54, 1.807) is 29.9 Å². The Morgan fingerprint density at radius 3 is 2.66 bits per heavy atom. The molecule has 2 aromatic carbocycles. The summed E-state index contributed by atoms with van der Waals surface area (Å²) >= 11 is 0. The molecule has 9 nitrogen and oxygen atoms in total. The Morgan fingerprint density at radius 1 is 1.19 bits per heavy atom. The number of anilines is 2. The van der Waals surface area contributed by atoms with Crippen LogP contribution >= 0.6 is 0 Å². The predicted octanol–water partition coefficient (Wildman–Crippen LogP) is 3.41. The fraction of sp³-hybridized carbons (Fsp3) is 0.261. The monoisotopic (exact) mass is 433 g/mol. The predicted molar refractivity (Wildman–Crippen MR) is 120 cm³/mol. The van der Waals surface area contributed by atoms with Crippen LogP contribution in [-0.2, 0) is 11.8 Å². The molecular weight excluding hydrogens is 410 g/mol. The highest BCUT2D eigenvalue weighted by Gasteiger charge is 2.30. The Bertz CT molecular complexity index is 1160. The van der Waals surface area contributed by atoms with Gasteiger partial charge in [0.15, 0.2) is 5.82 Å². The maximum Gasteiger partial charge on any atom is 0.293 e. The lowest BCUT2D eigenvalue weighted by atomic mass is 9.96. The SMILES string of the molecule is Cn1ccnc1C(=O)c1ccc(N2CCCC(C(=O)Nc3ccccc3)C2)c([N+](=O)[O-])c1. The van der Waals surface area contributed by atoms with Crippen molar-refractivity contribution in [2.24, 2.45) is 13.0 Å². The van der Waals surface area contributed by atoms with Gasteiger partial charge in [-0.3, -0.25) is 19.7 Å². The van der Waals surface area contributed by atoms with Crippen molar-refractivity contribution in [3.05, 3.63) is 82.4 Å². The largest absolute Gasteiger partial charge is 0.365 e. The number of aromatic nitrogens is 2. The number of aryl methyl sites for hydroxylation is 1. The molecule has 0 saturated carbocycles. The summed E-state index contributed by atoms with van der Waals surface area (Å²) in [5.41, 5.74) is 1.17. The van der Waals surface area contributed by atoms with Gasteiger partial charge in [-0.2, -0.15) is 0 Å². The van der Waals surface area contributed by atoms with Gasteiger partial charge in [0.1, 0.15) is 5.69 Å². The molecule has 0 spiro atoms. The molecule has 3 aromatic rings. The van der Waals surface area contributed by atoms with Crippen LogP contribution in [0.4, 0.5) is 17.1 Å². The Kier molecular flexibility index (Phi) is 5.98. The first kappa shape index (κ1) is 21.2. The van der Waals surface area contributed by atoms with Crippen LogP contribution in [0, 0.1) is 16.0 Å². The molecule has 1 atom stereocenters. The third kappa shape index (κ3) is 4.36. The van der Waals surface area contributed by atoms with Crippen LogP contribution in [0.1, 0.15) is 29.0 Å². The van der Waals surface area contributed by atoms with E-state index >= 15 is 0 Å². The van der Waals surface area contributed by atoms with E-state index in [9.17, 15) is 19.7 Å². The molecule has 0 bridgehead atoms. The van der Waals surface area contributed by atoms with E-state index in [1.165, 1.54) is 12.3 Å². The number of nitrogens with zero attached hydrogens (tertiary/aromatic N) is 4. The smallest absolute Gasteiger partial charge is 0.293 e. The van der Waals surface area contributed by atoms with Gasteiger partial charge >= 0.3 is 0 Å². The maximum atomic E-state index is 12.7. The summed E-state index contributed by atoms with van der Waals surface area (Å²) in [6.07, 6.45) is 4.59. The summed E-state index contributed by atoms with van der Waals surface area (Å²) in [5, 5.41) is 14.7. The zero-order valence-electron chi connectivity index (χ0n) is 17.6. The summed E-state index contributed by atoms with van der Waals surface area (Å²) in [6, 6.07) is 13.7. The number of nitrogens with one attached hydrogen (secondary N) is 1. The van der Waals surface area contributed by atoms with Gasteiger partial charge in [-0.25, -0.2) is 4.98 Å². The van der Waals surface area contributed by atoms with Crippen LogP contribution in [0.5, 0.6) is 0 Å². The van der Waals surface area contributed by atoms with Crippen molar-refractivity contribution in [2.45, 2.75) is 12.8 Å². The van der Waals surface area contributed by atoms with Crippen molar-refractivity contribution < 1.29 is 14.5 Å². The number of nitro benzene ring substituents is 1. The summed E-state index contributed by atoms with van der Waals surface area (Å²) < 4.78 is 1.57. The average molecular weight is 433 g/mol. The Hall–Kier alpha value is -4.01. The normalized spacial score (nSPS) is 15.9. The molecule has 1 aliphatic rings. The van der Waals surface area contributed by atoms with E-state index in [-0.39, 0.29) is 34.7 Å². The summed E-state index contributed by atoms with van der Waals surface area (Å²) in [6.45, 7) is 0.967. The number of benzene rings is 2. The highest BCUT2D eigenvalue weighted by Crippen LogP contribution is 2.33. The highest BCUT2D eigenvalue weighted by molar-refractivity contribution is 6.07. The van der Waals surface area contributed by atoms with Crippen molar-refractivity contribution in [2.75, 3.05) is 23.3 Å². The number of hydrogen-bond acceptors (Lipinski definition) is 6. The molecule has 2 heterocycles. The van der Waals surface area contributed by atoms with Crippen LogP contribution in [-0.4, -0.2) is 39.3 Å². The minimum atomic E-state index is -0.488. The number of hydrogen-bond donors (Lipinski definition) is 1. The first-order valence-electron chi connectivity index (χ1n) is 10.4. The molecule has 0 aliphatic carbocycles. The lowest BCUT2D eigenvalue weighted by Gasteiger charge is -2.33. The fourth-order valence-electron chi connectivity index (χ4n) is 3.97. The molecule has 32 heavy (non-hydrogen) atoms. The number of para-hydroxylation sites is 1. The first-order valence-corrected chi connectivity index (χ1v) is 10.4. The van der Waals surface area contributed by atoms with E-state index in [0.717, 1.165) is 12.1 Å². The van der Waals surface area contributed by atoms with Gasteiger partial charge in [0.25, 0.3) is 5.69 Å². The highest BCUT2D eigenvalue weighted by atomic mass is 16.6. The number of carbonyl (C=O) groups is 2. The second-order valence-electron chi connectivity index (χ2n) is 7.79. The molecule has 0 radical (unpaired) electrons. The summed E-state index contributed by atoms with van der Waals surface area (Å²) in [5.74, 6) is -0.573. The van der Waals surface area contributed by atoms with Crippen molar-refractivity contribution in [3.8, 4) is 0 Å². The molecule has 1 unspecified atom stereocenters. The van der Waals surface area contributed by atoms with Crippen molar-refractivity contribution in [3.63, 3.8) is 0 Å². The minimum absolute atomic E-state index is 0.106. The average Bonchev–Trinajstić information content (AvgIpc) is 3.24. The standard InChI is InChI=1S/C23H23N5O4/c1-26-13-11-24-22(26)21(29)16-9-10-19(20(14-16)28(31)32)27-12-5-6-17(15-27)23(30)25-18-7-3-2-4-8-18/h2-4,7-11,13-14,17H,5-6,12,15H2,1H3,(H,25,30). The molecule has 1 N–H and O–H groups in total. The number of piperidine rings is 1. The van der Waals surface area contributed by atoms with E-state index in [2.05, 4.69) is 10.3 Å². The molecule has 9 heteroatoms. The zero-order chi connectivity index (χ0) is 22.7. The quantitative estimate of drug-likeness (QED) is 0.362. The van der Waals surface area contributed by atoms with Crippen LogP contribution in [0.3, 0.4) is 0 Å². The first-order chi connectivity index (χ1) is 15.4. The molecule has 1 saturated heterocycles. The van der Waals surface area contributed by atoms with E-state index < -0.39 is 4.92 Å². The van der Waals surface area contributed by atoms with Crippen LogP contribution in [0.2, 0.25) is 0 Å². The minimum Gasteiger partial charge on any atom is -0.365 e. The van der Waals surface area contributed by atoms with Gasteiger partial charge in [0.2, 0.25) is 11.7 Å². The second-order valence-corrected chi connectivity index (χ2v) is 7.79. The fourth-order valence-corrected chi connectivity index (χ4v) is 3.97. The maximum absolute atomic E-state index is 12.7. The van der Waals surface area contributed by atoms with E-state index in [0.29, 0.717) is 25.2 Å². The number of nitro groups is 1. The van der Waals surface area contributed by atoms with Crippen molar-refractivity contribution in [1.29, 1.82) is 0 Å². The molecule has 1 aliphatic heterocycles. The van der Waals surface area contributed by atoms with Crippen LogP contribution in [0.15, 0.2) is 60.9 Å². The van der Waals surface area contributed by atoms with Crippen molar-refractivity contribution in [1.82, 2.24) is 9.55 Å². The second kappa shape index (κ2) is 9.01. The van der Waals surface area contributed by atoms with Crippen LogP contribution < -0.4 is 10.2 Å². The summed E-state index contributed by atoms with van der Waals surface area (Å²) in [7, 11) is 1.69. The van der Waals surface area contributed by atoms with Crippen molar-refractivity contribution >= 4 is 28.8 Å².